The van der Waals surface area contributed by atoms with Crippen LogP contribution in [0.3, 0.4) is 0 Å². The summed E-state index contributed by atoms with van der Waals surface area (Å²) in [5, 5.41) is 11.2. The number of nitrogens with one attached hydrogen (secondary N) is 1. The van der Waals surface area contributed by atoms with Gasteiger partial charge >= 0.3 is 0 Å². The summed E-state index contributed by atoms with van der Waals surface area (Å²) >= 11 is 1.53. The fourth-order valence-corrected chi connectivity index (χ4v) is 2.62. The van der Waals surface area contributed by atoms with E-state index in [-0.39, 0.29) is 5.91 Å². The van der Waals surface area contributed by atoms with Gasteiger partial charge in [-0.3, -0.25) is 9.48 Å². The zero-order valence-corrected chi connectivity index (χ0v) is 12.3. The Labute approximate surface area is 117 Å². The Morgan fingerprint density at radius 2 is 2.32 bits per heavy atom. The smallest absolute Gasteiger partial charge is 0.252 e. The molecule has 0 aliphatic carbocycles. The molecule has 0 radical (unpaired) electrons. The number of aryl methyl sites for hydroxylation is 2. The van der Waals surface area contributed by atoms with Crippen LogP contribution in [-0.4, -0.2) is 22.2 Å². The average molecular weight is 277 g/mol. The van der Waals surface area contributed by atoms with Gasteiger partial charge in [-0.2, -0.15) is 16.4 Å². The van der Waals surface area contributed by atoms with E-state index >= 15 is 0 Å². The molecule has 2 heterocycles. The van der Waals surface area contributed by atoms with Crippen molar-refractivity contribution in [1.82, 2.24) is 15.1 Å². The molecule has 0 aliphatic heterocycles. The summed E-state index contributed by atoms with van der Waals surface area (Å²) in [4.78, 5) is 11.8. The molecule has 0 bridgehead atoms. The average Bonchev–Trinajstić information content (AvgIpc) is 2.97. The second-order valence-corrected chi connectivity index (χ2v) is 5.72. The Morgan fingerprint density at radius 1 is 1.53 bits per heavy atom. The third-order valence-corrected chi connectivity index (χ3v) is 3.67. The first-order chi connectivity index (χ1) is 9.06. The van der Waals surface area contributed by atoms with Crippen LogP contribution in [0.25, 0.3) is 0 Å². The standard InChI is InChI=1S/C14H19N3OS/c1-10(8-17-12(3)6-11(2)16-17)7-15-14(18)13-4-5-19-9-13/h4-6,9-10H,7-8H2,1-3H3,(H,15,18)/t10-/m0/s1. The number of hydrogen-bond donors (Lipinski definition) is 1. The molecule has 0 unspecified atom stereocenters. The van der Waals surface area contributed by atoms with Gasteiger partial charge in [-0.15, -0.1) is 0 Å². The molecule has 0 aliphatic rings. The van der Waals surface area contributed by atoms with E-state index in [2.05, 4.69) is 30.3 Å². The van der Waals surface area contributed by atoms with Crippen LogP contribution in [0.4, 0.5) is 0 Å². The van der Waals surface area contributed by atoms with E-state index in [0.29, 0.717) is 12.5 Å². The molecule has 0 spiro atoms. The van der Waals surface area contributed by atoms with E-state index in [1.54, 1.807) is 0 Å². The lowest BCUT2D eigenvalue weighted by molar-refractivity contribution is 0.0947. The van der Waals surface area contributed by atoms with E-state index < -0.39 is 0 Å². The van der Waals surface area contributed by atoms with Crippen LogP contribution in [0, 0.1) is 19.8 Å². The predicted octanol–water partition coefficient (Wildman–Crippen LogP) is 2.63. The van der Waals surface area contributed by atoms with Gasteiger partial charge in [0.05, 0.1) is 5.69 Å². The van der Waals surface area contributed by atoms with Gasteiger partial charge < -0.3 is 5.32 Å². The molecule has 1 amide bonds. The monoisotopic (exact) mass is 277 g/mol. The van der Waals surface area contributed by atoms with E-state index in [0.717, 1.165) is 23.5 Å². The molecule has 0 aromatic carbocycles. The van der Waals surface area contributed by atoms with Crippen molar-refractivity contribution in [2.75, 3.05) is 6.54 Å². The molecule has 5 heteroatoms. The van der Waals surface area contributed by atoms with Crippen LogP contribution in [-0.2, 0) is 6.54 Å². The van der Waals surface area contributed by atoms with Crippen LogP contribution in [0.15, 0.2) is 22.9 Å². The minimum absolute atomic E-state index is 0.00136. The van der Waals surface area contributed by atoms with Gasteiger partial charge in [0, 0.05) is 29.7 Å². The molecule has 102 valence electrons. The van der Waals surface area contributed by atoms with E-state index in [1.807, 2.05) is 28.4 Å². The minimum Gasteiger partial charge on any atom is -0.352 e. The summed E-state index contributed by atoms with van der Waals surface area (Å²) < 4.78 is 2.00. The van der Waals surface area contributed by atoms with E-state index in [1.165, 1.54) is 11.3 Å². The maximum atomic E-state index is 11.8. The van der Waals surface area contributed by atoms with Crippen LogP contribution in [0.5, 0.6) is 0 Å². The van der Waals surface area contributed by atoms with Crippen molar-refractivity contribution in [2.45, 2.75) is 27.3 Å². The number of carbonyl (C=O) groups is 1. The zero-order valence-electron chi connectivity index (χ0n) is 11.5. The molecule has 1 N–H and O–H groups in total. The van der Waals surface area contributed by atoms with Crippen molar-refractivity contribution in [3.63, 3.8) is 0 Å². The Bertz CT molecular complexity index is 545. The number of aromatic nitrogens is 2. The molecule has 2 rings (SSSR count). The summed E-state index contributed by atoms with van der Waals surface area (Å²) in [5.74, 6) is 0.349. The Hall–Kier alpha value is -1.62. The molecular weight excluding hydrogens is 258 g/mol. The van der Waals surface area contributed by atoms with E-state index in [4.69, 9.17) is 0 Å². The highest BCUT2D eigenvalue weighted by Gasteiger charge is 2.10. The van der Waals surface area contributed by atoms with E-state index in [9.17, 15) is 4.79 Å². The Kier molecular flexibility index (Phi) is 4.37. The maximum Gasteiger partial charge on any atom is 0.252 e. The molecule has 19 heavy (non-hydrogen) atoms. The number of hydrogen-bond acceptors (Lipinski definition) is 3. The van der Waals surface area contributed by atoms with Gasteiger partial charge in [0.1, 0.15) is 0 Å². The van der Waals surface area contributed by atoms with Crippen molar-refractivity contribution in [1.29, 1.82) is 0 Å². The highest BCUT2D eigenvalue weighted by atomic mass is 32.1. The number of carbonyl (C=O) groups excluding carboxylic acids is 1. The number of amides is 1. The first-order valence-electron chi connectivity index (χ1n) is 6.37. The lowest BCUT2D eigenvalue weighted by atomic mass is 10.1. The number of nitrogens with zero attached hydrogens (tertiary/aromatic N) is 2. The fourth-order valence-electron chi connectivity index (χ4n) is 1.98. The molecule has 2 aromatic rings. The molecule has 2 aromatic heterocycles. The van der Waals surface area contributed by atoms with Crippen LogP contribution < -0.4 is 5.32 Å². The van der Waals surface area contributed by atoms with Gasteiger partial charge in [0.2, 0.25) is 0 Å². The molecule has 0 saturated heterocycles. The van der Waals surface area contributed by atoms with Crippen LogP contribution in [0.2, 0.25) is 0 Å². The Balaban J connectivity index is 1.83. The lowest BCUT2D eigenvalue weighted by Gasteiger charge is -2.13. The summed E-state index contributed by atoms with van der Waals surface area (Å²) in [6.07, 6.45) is 0. The van der Waals surface area contributed by atoms with Crippen molar-refractivity contribution >= 4 is 17.2 Å². The topological polar surface area (TPSA) is 46.9 Å². The molecule has 4 nitrogen and oxygen atoms in total. The minimum atomic E-state index is 0.00136. The van der Waals surface area contributed by atoms with Crippen molar-refractivity contribution in [2.24, 2.45) is 5.92 Å². The molecular formula is C14H19N3OS. The van der Waals surface area contributed by atoms with Crippen LogP contribution in [0.1, 0.15) is 28.7 Å². The normalized spacial score (nSPS) is 12.4. The molecule has 0 saturated carbocycles. The largest absolute Gasteiger partial charge is 0.352 e. The van der Waals surface area contributed by atoms with Crippen molar-refractivity contribution in [3.05, 3.63) is 39.8 Å². The van der Waals surface area contributed by atoms with Gasteiger partial charge in [0.15, 0.2) is 0 Å². The zero-order chi connectivity index (χ0) is 13.8. The summed E-state index contributed by atoms with van der Waals surface area (Å²) in [5.41, 5.74) is 2.93. The number of thiophene rings is 1. The second kappa shape index (κ2) is 6.02. The van der Waals surface area contributed by atoms with Gasteiger partial charge in [-0.25, -0.2) is 0 Å². The molecule has 0 fully saturated rings. The lowest BCUT2D eigenvalue weighted by Crippen LogP contribution is -2.30. The highest BCUT2D eigenvalue weighted by molar-refractivity contribution is 7.08. The predicted molar refractivity (Wildman–Crippen MR) is 77.5 cm³/mol. The Morgan fingerprint density at radius 3 is 2.89 bits per heavy atom. The van der Waals surface area contributed by atoms with Crippen LogP contribution >= 0.6 is 11.3 Å². The quantitative estimate of drug-likeness (QED) is 0.913. The third-order valence-electron chi connectivity index (χ3n) is 2.98. The summed E-state index contributed by atoms with van der Waals surface area (Å²) in [7, 11) is 0. The number of rotatable bonds is 5. The second-order valence-electron chi connectivity index (χ2n) is 4.94. The summed E-state index contributed by atoms with van der Waals surface area (Å²) in [6.45, 7) is 7.64. The fraction of sp³-hybridized carbons (Fsp3) is 0.429. The van der Waals surface area contributed by atoms with Crippen molar-refractivity contribution in [3.8, 4) is 0 Å². The maximum absolute atomic E-state index is 11.8. The summed E-state index contributed by atoms with van der Waals surface area (Å²) in [6, 6.07) is 3.91. The SMILES string of the molecule is Cc1cc(C)n(C[C@@H](C)CNC(=O)c2ccsc2)n1. The third kappa shape index (κ3) is 3.67. The molecule has 1 atom stereocenters. The van der Waals surface area contributed by atoms with Gasteiger partial charge in [0.25, 0.3) is 5.91 Å². The van der Waals surface area contributed by atoms with Crippen molar-refractivity contribution < 1.29 is 4.79 Å². The van der Waals surface area contributed by atoms with Gasteiger partial charge in [-0.1, -0.05) is 6.92 Å². The first kappa shape index (κ1) is 13.8. The highest BCUT2D eigenvalue weighted by Crippen LogP contribution is 2.08. The first-order valence-corrected chi connectivity index (χ1v) is 7.32. The van der Waals surface area contributed by atoms with Gasteiger partial charge in [-0.05, 0) is 37.3 Å².